The van der Waals surface area contributed by atoms with E-state index in [1.807, 2.05) is 0 Å². The van der Waals surface area contributed by atoms with Crippen LogP contribution in [-0.2, 0) is 27.9 Å². The summed E-state index contributed by atoms with van der Waals surface area (Å²) in [6, 6.07) is 0. The SMILES string of the molecule is CC/C=C\C/C=C\C/C=C\C/C=C\CCCCCCCCCOCC(COP(=O)(O)OCC(O)CO)OC(=O)CCCCCCCCCC/C=C\C/C=C\C/C=C\CCCCCCC. The van der Waals surface area contributed by atoms with Crippen molar-refractivity contribution in [1.29, 1.82) is 0 Å². The Balaban J connectivity index is 4.14. The first-order chi connectivity index (χ1) is 31.3. The lowest BCUT2D eigenvalue weighted by atomic mass is 10.1. The third-order valence-corrected chi connectivity index (χ3v) is 11.5. The van der Waals surface area contributed by atoms with Gasteiger partial charge in [-0.25, -0.2) is 4.57 Å². The summed E-state index contributed by atoms with van der Waals surface area (Å²) in [5.74, 6) is -0.396. The van der Waals surface area contributed by atoms with E-state index in [9.17, 15) is 19.4 Å². The van der Waals surface area contributed by atoms with Crippen LogP contribution in [-0.4, -0.2) is 66.3 Å². The van der Waals surface area contributed by atoms with Crippen LogP contribution in [0.4, 0.5) is 0 Å². The van der Waals surface area contributed by atoms with Crippen molar-refractivity contribution in [3.05, 3.63) is 85.1 Å². The molecule has 0 aromatic heterocycles. The van der Waals surface area contributed by atoms with Gasteiger partial charge >= 0.3 is 13.8 Å². The van der Waals surface area contributed by atoms with Gasteiger partial charge in [-0.3, -0.25) is 13.8 Å². The van der Waals surface area contributed by atoms with Gasteiger partial charge in [-0.05, 0) is 89.9 Å². The van der Waals surface area contributed by atoms with E-state index >= 15 is 0 Å². The summed E-state index contributed by atoms with van der Waals surface area (Å²) in [7, 11) is -4.54. The number of ether oxygens (including phenoxy) is 2. The van der Waals surface area contributed by atoms with Crippen LogP contribution in [0.25, 0.3) is 0 Å². The van der Waals surface area contributed by atoms with Crippen LogP contribution in [0.15, 0.2) is 85.1 Å². The Morgan fingerprint density at radius 2 is 0.891 bits per heavy atom. The van der Waals surface area contributed by atoms with Gasteiger partial charge in [0.2, 0.25) is 0 Å². The van der Waals surface area contributed by atoms with Gasteiger partial charge in [0.15, 0.2) is 0 Å². The first-order valence-electron chi connectivity index (χ1n) is 25.6. The van der Waals surface area contributed by atoms with Crippen molar-refractivity contribution in [3.63, 3.8) is 0 Å². The topological polar surface area (TPSA) is 132 Å². The Labute approximate surface area is 392 Å². The maximum Gasteiger partial charge on any atom is 0.472 e. The molecule has 0 saturated carbocycles. The molecule has 64 heavy (non-hydrogen) atoms. The summed E-state index contributed by atoms with van der Waals surface area (Å²) in [6.07, 6.45) is 62.6. The van der Waals surface area contributed by atoms with E-state index < -0.39 is 39.2 Å². The summed E-state index contributed by atoms with van der Waals surface area (Å²) in [5, 5.41) is 18.4. The maximum absolute atomic E-state index is 12.7. The molecule has 3 N–H and O–H groups in total. The van der Waals surface area contributed by atoms with Crippen LogP contribution in [0.2, 0.25) is 0 Å². The zero-order valence-electron chi connectivity index (χ0n) is 40.7. The molecule has 370 valence electrons. The van der Waals surface area contributed by atoms with Crippen molar-refractivity contribution in [3.8, 4) is 0 Å². The molecule has 3 unspecified atom stereocenters. The van der Waals surface area contributed by atoms with Crippen molar-refractivity contribution in [2.45, 2.75) is 219 Å². The second-order valence-corrected chi connectivity index (χ2v) is 18.3. The molecule has 0 radical (unpaired) electrons. The molecule has 0 bridgehead atoms. The second kappa shape index (κ2) is 50.1. The number of carbonyl (C=O) groups excluding carboxylic acids is 1. The van der Waals surface area contributed by atoms with Gasteiger partial charge in [-0.1, -0.05) is 195 Å². The van der Waals surface area contributed by atoms with Crippen molar-refractivity contribution in [2.24, 2.45) is 0 Å². The summed E-state index contributed by atoms with van der Waals surface area (Å²) in [6.45, 7) is 3.36. The zero-order chi connectivity index (χ0) is 46.7. The van der Waals surface area contributed by atoms with Gasteiger partial charge in [0.05, 0.1) is 26.4 Å². The highest BCUT2D eigenvalue weighted by Crippen LogP contribution is 2.43. The number of hydrogen-bond donors (Lipinski definition) is 3. The normalized spacial score (nSPS) is 14.5. The number of hydrogen-bond acceptors (Lipinski definition) is 8. The summed E-state index contributed by atoms with van der Waals surface area (Å²) >= 11 is 0. The van der Waals surface area contributed by atoms with Gasteiger partial charge in [0.1, 0.15) is 12.2 Å². The minimum atomic E-state index is -4.54. The smallest absolute Gasteiger partial charge is 0.457 e. The Hall–Kier alpha value is -2.36. The monoisotopic (exact) mass is 919 g/mol. The van der Waals surface area contributed by atoms with E-state index in [0.29, 0.717) is 13.0 Å². The molecule has 0 aromatic rings. The highest BCUT2D eigenvalue weighted by molar-refractivity contribution is 7.47. The molecule has 0 saturated heterocycles. The van der Waals surface area contributed by atoms with E-state index in [4.69, 9.17) is 23.6 Å². The third kappa shape index (κ3) is 49.1. The number of rotatable bonds is 48. The molecular weight excluding hydrogens is 824 g/mol. The number of aliphatic hydroxyl groups excluding tert-OH is 2. The molecule has 0 amide bonds. The summed E-state index contributed by atoms with van der Waals surface area (Å²) in [4.78, 5) is 22.7. The zero-order valence-corrected chi connectivity index (χ0v) is 41.6. The number of phosphoric ester groups is 1. The second-order valence-electron chi connectivity index (χ2n) is 16.8. The number of carbonyl (C=O) groups is 1. The molecule has 9 nitrogen and oxygen atoms in total. The van der Waals surface area contributed by atoms with Crippen molar-refractivity contribution in [1.82, 2.24) is 0 Å². The Kier molecular flexibility index (Phi) is 48.2. The molecule has 0 aliphatic carbocycles. The summed E-state index contributed by atoms with van der Waals surface area (Å²) in [5.41, 5.74) is 0. The molecule has 0 aliphatic rings. The van der Waals surface area contributed by atoms with Gasteiger partial charge in [0.25, 0.3) is 0 Å². The molecular formula is C54H95O9P. The first kappa shape index (κ1) is 61.6. The van der Waals surface area contributed by atoms with Crippen molar-refractivity contribution in [2.75, 3.05) is 33.0 Å². The number of phosphoric acid groups is 1. The standard InChI is InChI=1S/C54H95O9P/c1-3-5-7-9-11-13-15-17-19-21-23-25-26-27-28-30-32-34-36-38-40-42-44-46-54(57)63-53(51-62-64(58,59)61-49-52(56)48-55)50-60-47-45-43-41-39-37-35-33-31-29-24-22-20-18-16-14-12-10-8-6-4-2/h6,8,12,14-15,17-18,20-21,23-24,26-27,29,52-53,55-56H,3-5,7,9-11,13,16,19,22,25,28,30-51H2,1-2H3,(H,58,59)/b8-6-,14-12-,17-15-,20-18-,23-21-,27-26-,29-24-. The van der Waals surface area contributed by atoms with E-state index in [1.54, 1.807) is 0 Å². The first-order valence-corrected chi connectivity index (χ1v) is 27.1. The summed E-state index contributed by atoms with van der Waals surface area (Å²) < 4.78 is 33.5. The quantitative estimate of drug-likeness (QED) is 0.0236. The predicted molar refractivity (Wildman–Crippen MR) is 269 cm³/mol. The van der Waals surface area contributed by atoms with E-state index in [0.717, 1.165) is 89.9 Å². The van der Waals surface area contributed by atoms with E-state index in [2.05, 4.69) is 98.9 Å². The maximum atomic E-state index is 12.7. The van der Waals surface area contributed by atoms with Crippen molar-refractivity contribution >= 4 is 13.8 Å². The highest BCUT2D eigenvalue weighted by atomic mass is 31.2. The van der Waals surface area contributed by atoms with Gasteiger partial charge in [0, 0.05) is 13.0 Å². The fourth-order valence-electron chi connectivity index (χ4n) is 6.71. The lowest BCUT2D eigenvalue weighted by Gasteiger charge is -2.20. The Bertz CT molecular complexity index is 1270. The molecule has 0 fully saturated rings. The highest BCUT2D eigenvalue weighted by Gasteiger charge is 2.26. The number of esters is 1. The average molecular weight is 919 g/mol. The molecule has 0 heterocycles. The number of aliphatic hydroxyl groups is 2. The molecule has 0 rings (SSSR count). The average Bonchev–Trinajstić information content (AvgIpc) is 3.29. The number of allylic oxidation sites excluding steroid dienone is 14. The molecule has 0 spiro atoms. The Morgan fingerprint density at radius 1 is 0.500 bits per heavy atom. The minimum absolute atomic E-state index is 0.0341. The largest absolute Gasteiger partial charge is 0.472 e. The van der Waals surface area contributed by atoms with Gasteiger partial charge < -0.3 is 24.6 Å². The molecule has 3 atom stereocenters. The fraction of sp³-hybridized carbons (Fsp3) is 0.722. The van der Waals surface area contributed by atoms with Gasteiger partial charge in [-0.15, -0.1) is 0 Å². The molecule has 0 aromatic carbocycles. The lowest BCUT2D eigenvalue weighted by molar-refractivity contribution is -0.154. The van der Waals surface area contributed by atoms with Crippen LogP contribution >= 0.6 is 7.82 Å². The van der Waals surface area contributed by atoms with Crippen molar-refractivity contribution < 1.29 is 43.0 Å². The fourth-order valence-corrected chi connectivity index (χ4v) is 7.50. The lowest BCUT2D eigenvalue weighted by Crippen LogP contribution is -2.29. The van der Waals surface area contributed by atoms with Crippen LogP contribution in [0.1, 0.15) is 206 Å². The van der Waals surface area contributed by atoms with Crippen LogP contribution in [0.3, 0.4) is 0 Å². The molecule has 0 aliphatic heterocycles. The molecule has 10 heteroatoms. The minimum Gasteiger partial charge on any atom is -0.457 e. The van der Waals surface area contributed by atoms with Crippen LogP contribution in [0, 0.1) is 0 Å². The Morgan fingerprint density at radius 3 is 1.34 bits per heavy atom. The predicted octanol–water partition coefficient (Wildman–Crippen LogP) is 15.0. The van der Waals surface area contributed by atoms with Crippen LogP contribution < -0.4 is 0 Å². The van der Waals surface area contributed by atoms with Gasteiger partial charge in [-0.2, -0.15) is 0 Å². The van der Waals surface area contributed by atoms with Crippen LogP contribution in [0.5, 0.6) is 0 Å². The van der Waals surface area contributed by atoms with E-state index in [-0.39, 0.29) is 19.6 Å². The third-order valence-electron chi connectivity index (χ3n) is 10.6. The number of unbranched alkanes of at least 4 members (excludes halogenated alkanes) is 20. The van der Waals surface area contributed by atoms with E-state index in [1.165, 1.54) is 89.9 Å².